The molecule has 0 fully saturated rings. The van der Waals surface area contributed by atoms with E-state index in [0.717, 1.165) is 48.6 Å². The number of amides is 2. The van der Waals surface area contributed by atoms with Gasteiger partial charge in [-0.25, -0.2) is 0 Å². The third kappa shape index (κ3) is 29.5. The van der Waals surface area contributed by atoms with Crippen molar-refractivity contribution in [1.82, 2.24) is 5.32 Å². The average Bonchev–Trinajstić information content (AvgIpc) is 1.88. The highest BCUT2D eigenvalue weighted by atomic mass is 16.5. The minimum Gasteiger partial charge on any atom is -0.465 e. The molecule has 1 aliphatic rings. The molecule has 4 unspecified atom stereocenters. The van der Waals surface area contributed by atoms with Gasteiger partial charge in [0.25, 0.3) is 0 Å². The van der Waals surface area contributed by atoms with Crippen molar-refractivity contribution in [2.75, 3.05) is 11.9 Å². The lowest BCUT2D eigenvalue weighted by atomic mass is 9.89. The van der Waals surface area contributed by atoms with Crippen molar-refractivity contribution < 1.29 is 28.7 Å². The standard InChI is InChI=1S/C16H18O2.C14H21NO.C14H14.C13H18O2.C12H17NO.5C2H6/c1-4-16(2,3)15(17)18-14-10-9-12-7-5-6-8-13(12)11-14;1-5-12(4)14(16)15-9-13-7-10(2)6-11(3)8-13;1-9-10(2)13-8-4-6-11-5-3-7-12(9)14(11)13;1-3-11(2)13(14)15-10-9-12-7-5-4-6-8-12;1-4-12(2,3)11(14)13-10-8-6-5-7-9-10;5*1-2/h5-11H,4H2,1-3H3;6-8,12H,5,9H2,1-4H3,(H,15,16);3-10H,1-2H3;4-8,11H,3,9-10H2,1-2H3;5-9H,4H2,1-3H3,(H,13,14);5*1-2H3. The lowest BCUT2D eigenvalue weighted by Gasteiger charge is -2.21. The zero-order chi connectivity index (χ0) is 66.7. The van der Waals surface area contributed by atoms with Gasteiger partial charge < -0.3 is 20.1 Å². The fourth-order valence-electron chi connectivity index (χ4n) is 8.24. The van der Waals surface area contributed by atoms with E-state index in [1.165, 1.54) is 44.2 Å². The lowest BCUT2D eigenvalue weighted by Crippen LogP contribution is -2.29. The lowest BCUT2D eigenvalue weighted by molar-refractivity contribution is -0.148. The van der Waals surface area contributed by atoms with Crippen LogP contribution in [-0.4, -0.2) is 30.4 Å². The summed E-state index contributed by atoms with van der Waals surface area (Å²) in [7, 11) is 0. The summed E-state index contributed by atoms with van der Waals surface area (Å²) in [4.78, 5) is 46.7. The van der Waals surface area contributed by atoms with Crippen molar-refractivity contribution in [3.63, 3.8) is 0 Å². The van der Waals surface area contributed by atoms with E-state index >= 15 is 0 Å². The molecule has 8 rings (SSSR count). The number of aryl methyl sites for hydroxylation is 2. The molecule has 0 saturated heterocycles. The largest absolute Gasteiger partial charge is 0.465 e. The smallest absolute Gasteiger partial charge is 0.316 e. The van der Waals surface area contributed by atoms with E-state index in [0.29, 0.717) is 30.7 Å². The Kier molecular flexibility index (Phi) is 43.5. The Labute approximate surface area is 530 Å². The molecule has 480 valence electrons. The van der Waals surface area contributed by atoms with E-state index in [-0.39, 0.29) is 41.0 Å². The number of fused-ring (bicyclic) bond motifs is 1. The Balaban J connectivity index is 0. The van der Waals surface area contributed by atoms with Crippen molar-refractivity contribution in [2.24, 2.45) is 22.7 Å². The minimum atomic E-state index is -0.439. The first-order valence-electron chi connectivity index (χ1n) is 32.8. The van der Waals surface area contributed by atoms with Crippen LogP contribution in [0, 0.1) is 36.5 Å². The quantitative estimate of drug-likeness (QED) is 0.0782. The summed E-state index contributed by atoms with van der Waals surface area (Å²) in [5.41, 5.74) is 8.06. The summed E-state index contributed by atoms with van der Waals surface area (Å²) >= 11 is 0. The van der Waals surface area contributed by atoms with Crippen LogP contribution in [0.15, 0.2) is 158 Å². The predicted molar refractivity (Wildman–Crippen MR) is 378 cm³/mol. The van der Waals surface area contributed by atoms with E-state index in [2.05, 4.69) is 92.9 Å². The Hall–Kier alpha value is -7.06. The molecule has 87 heavy (non-hydrogen) atoms. The molecule has 1 aliphatic carbocycles. The summed E-state index contributed by atoms with van der Waals surface area (Å²) < 4.78 is 10.6. The maximum Gasteiger partial charge on any atom is 0.316 e. The van der Waals surface area contributed by atoms with E-state index in [1.54, 1.807) is 0 Å². The number of esters is 2. The Morgan fingerprint density at radius 3 is 1.45 bits per heavy atom. The van der Waals surface area contributed by atoms with Crippen LogP contribution in [0.4, 0.5) is 5.69 Å². The van der Waals surface area contributed by atoms with Gasteiger partial charge in [-0.1, -0.05) is 283 Å². The van der Waals surface area contributed by atoms with Crippen LogP contribution in [0.5, 0.6) is 5.75 Å². The highest BCUT2D eigenvalue weighted by Gasteiger charge is 2.29. The third-order valence-corrected chi connectivity index (χ3v) is 14.9. The van der Waals surface area contributed by atoms with Crippen LogP contribution < -0.4 is 15.4 Å². The summed E-state index contributed by atoms with van der Waals surface area (Å²) in [6.45, 7) is 49.5. The molecule has 7 aromatic carbocycles. The van der Waals surface area contributed by atoms with Gasteiger partial charge in [-0.05, 0) is 133 Å². The number of nitrogens with one attached hydrogen (secondary N) is 2. The summed E-state index contributed by atoms with van der Waals surface area (Å²) in [6.07, 6.45) is 4.12. The molecule has 0 heterocycles. The highest BCUT2D eigenvalue weighted by molar-refractivity contribution is 5.95. The molecule has 0 spiro atoms. The zero-order valence-corrected chi connectivity index (χ0v) is 58.7. The van der Waals surface area contributed by atoms with Crippen LogP contribution >= 0.6 is 0 Å². The molecule has 0 aliphatic heterocycles. The molecule has 8 heteroatoms. The monoisotopic (exact) mass is 1190 g/mol. The molecule has 7 aromatic rings. The van der Waals surface area contributed by atoms with Crippen molar-refractivity contribution in [1.29, 1.82) is 0 Å². The molecule has 0 aromatic heterocycles. The van der Waals surface area contributed by atoms with E-state index in [9.17, 15) is 19.2 Å². The van der Waals surface area contributed by atoms with Crippen molar-refractivity contribution in [3.8, 4) is 5.75 Å². The fourth-order valence-corrected chi connectivity index (χ4v) is 8.24. The fraction of sp³-hybridized carbons (Fsp3) is 0.468. The van der Waals surface area contributed by atoms with Crippen LogP contribution in [0.25, 0.3) is 21.5 Å². The number of anilines is 1. The molecule has 8 nitrogen and oxygen atoms in total. The average molecular weight is 1190 g/mol. The number of carbonyl (C=O) groups is 4. The molecule has 0 bridgehead atoms. The second-order valence-electron chi connectivity index (χ2n) is 21.8. The molecule has 0 radical (unpaired) electrons. The minimum absolute atomic E-state index is 0.0146. The SMILES string of the molecule is CC.CC.CC.CC.CC.CC1c2cccc3cccc(c23)C1C.CCC(C)(C)C(=O)Nc1ccccc1.CCC(C)(C)C(=O)Oc1ccc2ccccc2c1.CCC(C)C(=O)NCc1cc(C)cc(C)c1.CCC(C)C(=O)OCCc1ccccc1. The van der Waals surface area contributed by atoms with Gasteiger partial charge >= 0.3 is 11.9 Å². The molecule has 2 N–H and O–H groups in total. The number of ether oxygens (including phenoxy) is 2. The number of hydrogen-bond donors (Lipinski definition) is 2. The Morgan fingerprint density at radius 1 is 0.506 bits per heavy atom. The van der Waals surface area contributed by atoms with Crippen molar-refractivity contribution in [3.05, 3.63) is 191 Å². The van der Waals surface area contributed by atoms with Gasteiger partial charge in [0, 0.05) is 30.0 Å². The summed E-state index contributed by atoms with van der Waals surface area (Å²) in [6, 6.07) is 53.0. The molecule has 4 atom stereocenters. The maximum absolute atomic E-state index is 12.0. The predicted octanol–water partition coefficient (Wildman–Crippen LogP) is 22.2. The second kappa shape index (κ2) is 46.1. The number of para-hydroxylation sites is 1. The first kappa shape index (κ1) is 82.0. The normalized spacial score (nSPS) is 12.8. The number of carbonyl (C=O) groups excluding carboxylic acids is 4. The van der Waals surface area contributed by atoms with Gasteiger partial charge in [-0.2, -0.15) is 0 Å². The zero-order valence-electron chi connectivity index (χ0n) is 58.7. The maximum atomic E-state index is 12.0. The van der Waals surface area contributed by atoms with Crippen molar-refractivity contribution >= 4 is 51.0 Å². The van der Waals surface area contributed by atoms with Gasteiger partial charge in [0.2, 0.25) is 11.8 Å². The Morgan fingerprint density at radius 2 is 0.966 bits per heavy atom. The van der Waals surface area contributed by atoms with Crippen molar-refractivity contribution in [2.45, 2.75) is 217 Å². The second-order valence-corrected chi connectivity index (χ2v) is 21.8. The van der Waals surface area contributed by atoms with E-state index in [1.807, 2.05) is 242 Å². The van der Waals surface area contributed by atoms with E-state index < -0.39 is 5.41 Å². The first-order chi connectivity index (χ1) is 41.6. The molecule has 0 saturated carbocycles. The van der Waals surface area contributed by atoms with Crippen LogP contribution in [0.3, 0.4) is 0 Å². The summed E-state index contributed by atoms with van der Waals surface area (Å²) in [5.74, 6) is 2.03. The summed E-state index contributed by atoms with van der Waals surface area (Å²) in [5, 5.41) is 11.0. The van der Waals surface area contributed by atoms with Gasteiger partial charge in [-0.3, -0.25) is 19.2 Å². The molecule has 2 amide bonds. The third-order valence-electron chi connectivity index (χ3n) is 14.9. The topological polar surface area (TPSA) is 111 Å². The number of rotatable bonds is 15. The van der Waals surface area contributed by atoms with Gasteiger partial charge in [0.05, 0.1) is 17.9 Å². The molecular weight excluding hydrogens is 1070 g/mol. The molecular formula is C79H118N2O6. The number of benzene rings is 7. The highest BCUT2D eigenvalue weighted by Crippen LogP contribution is 2.46. The van der Waals surface area contributed by atoms with Gasteiger partial charge in [0.1, 0.15) is 5.75 Å². The first-order valence-corrected chi connectivity index (χ1v) is 32.8. The Bertz CT molecular complexity index is 2900. The number of hydrogen-bond acceptors (Lipinski definition) is 6. The van der Waals surface area contributed by atoms with Gasteiger partial charge in [0.15, 0.2) is 0 Å². The van der Waals surface area contributed by atoms with Crippen LogP contribution in [0.2, 0.25) is 0 Å². The van der Waals surface area contributed by atoms with E-state index in [4.69, 9.17) is 9.47 Å². The van der Waals surface area contributed by atoms with Crippen LogP contribution in [-0.2, 0) is 36.9 Å². The van der Waals surface area contributed by atoms with Crippen LogP contribution in [0.1, 0.15) is 223 Å². The van der Waals surface area contributed by atoms with Gasteiger partial charge in [-0.15, -0.1) is 0 Å².